The van der Waals surface area contributed by atoms with Gasteiger partial charge in [-0.2, -0.15) is 11.3 Å². The lowest BCUT2D eigenvalue weighted by Crippen LogP contribution is -2.17. The molecule has 0 saturated heterocycles. The lowest BCUT2D eigenvalue weighted by molar-refractivity contribution is 0.398. The minimum absolute atomic E-state index is 0.386. The van der Waals surface area contributed by atoms with Gasteiger partial charge in [0.05, 0.1) is 7.11 Å². The average molecular weight is 248 g/mol. The van der Waals surface area contributed by atoms with Crippen molar-refractivity contribution in [3.05, 3.63) is 40.7 Å². The highest BCUT2D eigenvalue weighted by Gasteiger charge is 2.04. The van der Waals surface area contributed by atoms with Crippen molar-refractivity contribution in [3.63, 3.8) is 0 Å². The molecule has 2 aromatic rings. The van der Waals surface area contributed by atoms with Gasteiger partial charge in [0.25, 0.3) is 0 Å². The number of ether oxygens (including phenoxy) is 1. The molecule has 0 aliphatic rings. The lowest BCUT2D eigenvalue weighted by Gasteiger charge is -2.14. The van der Waals surface area contributed by atoms with E-state index in [9.17, 15) is 0 Å². The average Bonchev–Trinajstić information content (AvgIpc) is 2.82. The molecule has 0 spiro atoms. The first kappa shape index (κ1) is 11.9. The van der Waals surface area contributed by atoms with Crippen LogP contribution in [0.3, 0.4) is 0 Å². The van der Waals surface area contributed by atoms with Crippen molar-refractivity contribution in [2.45, 2.75) is 19.4 Å². The Hall–Kier alpha value is -1.55. The van der Waals surface area contributed by atoms with Gasteiger partial charge in [-0.25, -0.2) is 4.98 Å². The molecule has 0 aromatic carbocycles. The Morgan fingerprint density at radius 3 is 3.06 bits per heavy atom. The summed E-state index contributed by atoms with van der Waals surface area (Å²) in [6, 6.07) is 6.41. The topological polar surface area (TPSA) is 34.1 Å². The van der Waals surface area contributed by atoms with E-state index < -0.39 is 0 Å². The highest BCUT2D eigenvalue weighted by atomic mass is 32.1. The van der Waals surface area contributed by atoms with E-state index >= 15 is 0 Å². The number of nitrogens with one attached hydrogen (secondary N) is 1. The van der Waals surface area contributed by atoms with Crippen molar-refractivity contribution in [1.82, 2.24) is 4.98 Å². The number of aromatic nitrogens is 1. The molecule has 0 radical (unpaired) electrons. The normalized spacial score (nSPS) is 12.1. The molecule has 3 nitrogen and oxygen atoms in total. The summed E-state index contributed by atoms with van der Waals surface area (Å²) in [6.07, 6.45) is 2.77. The molecular weight excluding hydrogens is 232 g/mol. The van der Waals surface area contributed by atoms with E-state index in [1.807, 2.05) is 12.1 Å². The molecule has 0 aliphatic carbocycles. The summed E-state index contributed by atoms with van der Waals surface area (Å²) in [6.45, 7) is 2.17. The zero-order valence-electron chi connectivity index (χ0n) is 10.0. The summed E-state index contributed by atoms with van der Waals surface area (Å²) in [5.74, 6) is 0.637. The first-order valence-electron chi connectivity index (χ1n) is 5.55. The number of thiophene rings is 1. The monoisotopic (exact) mass is 248 g/mol. The summed E-state index contributed by atoms with van der Waals surface area (Å²) in [4.78, 5) is 4.08. The molecule has 2 aromatic heterocycles. The summed E-state index contributed by atoms with van der Waals surface area (Å²) < 4.78 is 5.09. The van der Waals surface area contributed by atoms with Crippen LogP contribution in [-0.2, 0) is 6.42 Å². The number of hydrogen-bond donors (Lipinski definition) is 1. The van der Waals surface area contributed by atoms with Crippen LogP contribution in [0.2, 0.25) is 0 Å². The van der Waals surface area contributed by atoms with E-state index in [0.717, 1.165) is 12.1 Å². The smallest absolute Gasteiger partial charge is 0.214 e. The highest BCUT2D eigenvalue weighted by molar-refractivity contribution is 7.07. The molecule has 0 bridgehead atoms. The van der Waals surface area contributed by atoms with E-state index in [1.165, 1.54) is 5.56 Å². The van der Waals surface area contributed by atoms with E-state index in [1.54, 1.807) is 24.6 Å². The van der Waals surface area contributed by atoms with Crippen molar-refractivity contribution in [3.8, 4) is 5.88 Å². The van der Waals surface area contributed by atoms with Crippen LogP contribution >= 0.6 is 11.3 Å². The standard InChI is InChI=1S/C13H16N2OS/c1-10(7-11-4-6-17-9-11)15-12-3-5-14-13(8-12)16-2/h3-6,8-10H,7H2,1-2H3,(H,14,15). The third kappa shape index (κ3) is 3.46. The Morgan fingerprint density at radius 1 is 1.47 bits per heavy atom. The van der Waals surface area contributed by atoms with Crippen LogP contribution in [0.1, 0.15) is 12.5 Å². The Morgan fingerprint density at radius 2 is 2.35 bits per heavy atom. The van der Waals surface area contributed by atoms with Gasteiger partial charge in [0.15, 0.2) is 0 Å². The maximum atomic E-state index is 5.09. The van der Waals surface area contributed by atoms with Gasteiger partial charge in [-0.1, -0.05) is 0 Å². The Kier molecular flexibility index (Phi) is 3.98. The van der Waals surface area contributed by atoms with Crippen molar-refractivity contribution in [1.29, 1.82) is 0 Å². The Bertz CT molecular complexity index is 456. The Balaban J connectivity index is 1.95. The van der Waals surface area contributed by atoms with Gasteiger partial charge >= 0.3 is 0 Å². The number of anilines is 1. The third-order valence-electron chi connectivity index (χ3n) is 2.48. The van der Waals surface area contributed by atoms with E-state index in [0.29, 0.717) is 11.9 Å². The zero-order chi connectivity index (χ0) is 12.1. The van der Waals surface area contributed by atoms with Gasteiger partial charge in [0, 0.05) is 24.0 Å². The van der Waals surface area contributed by atoms with Crippen molar-refractivity contribution >= 4 is 17.0 Å². The number of hydrogen-bond acceptors (Lipinski definition) is 4. The minimum atomic E-state index is 0.386. The van der Waals surface area contributed by atoms with Crippen molar-refractivity contribution < 1.29 is 4.74 Å². The second-order valence-electron chi connectivity index (χ2n) is 3.97. The number of methoxy groups -OCH3 is 1. The van der Waals surface area contributed by atoms with Gasteiger partial charge in [0.1, 0.15) is 0 Å². The molecular formula is C13H16N2OS. The quantitative estimate of drug-likeness (QED) is 0.882. The summed E-state index contributed by atoms with van der Waals surface area (Å²) in [7, 11) is 1.63. The molecule has 0 saturated carbocycles. The second-order valence-corrected chi connectivity index (χ2v) is 4.75. The molecule has 1 N–H and O–H groups in total. The van der Waals surface area contributed by atoms with Gasteiger partial charge in [-0.05, 0) is 41.8 Å². The fraction of sp³-hybridized carbons (Fsp3) is 0.308. The number of nitrogens with zero attached hydrogens (tertiary/aromatic N) is 1. The first-order valence-corrected chi connectivity index (χ1v) is 6.50. The fourth-order valence-electron chi connectivity index (χ4n) is 1.71. The summed E-state index contributed by atoms with van der Waals surface area (Å²) in [5.41, 5.74) is 2.41. The maximum absolute atomic E-state index is 5.09. The molecule has 2 heterocycles. The first-order chi connectivity index (χ1) is 8.28. The van der Waals surface area contributed by atoms with E-state index in [2.05, 4.69) is 34.1 Å². The zero-order valence-corrected chi connectivity index (χ0v) is 10.8. The van der Waals surface area contributed by atoms with E-state index in [4.69, 9.17) is 4.74 Å². The van der Waals surface area contributed by atoms with Gasteiger partial charge in [-0.3, -0.25) is 0 Å². The van der Waals surface area contributed by atoms with Crippen LogP contribution in [0.15, 0.2) is 35.2 Å². The molecule has 0 fully saturated rings. The largest absolute Gasteiger partial charge is 0.481 e. The Labute approximate surface area is 105 Å². The molecule has 1 atom stereocenters. The predicted octanol–water partition coefficient (Wildman–Crippen LogP) is 3.19. The number of rotatable bonds is 5. The minimum Gasteiger partial charge on any atom is -0.481 e. The molecule has 0 aliphatic heterocycles. The van der Waals surface area contributed by atoms with Crippen LogP contribution in [-0.4, -0.2) is 18.1 Å². The van der Waals surface area contributed by atoms with Gasteiger partial charge < -0.3 is 10.1 Å². The summed E-state index contributed by atoms with van der Waals surface area (Å²) in [5, 5.41) is 7.73. The van der Waals surface area contributed by atoms with E-state index in [-0.39, 0.29) is 0 Å². The van der Waals surface area contributed by atoms with Crippen LogP contribution in [0.25, 0.3) is 0 Å². The molecule has 4 heteroatoms. The molecule has 2 rings (SSSR count). The lowest BCUT2D eigenvalue weighted by atomic mass is 10.1. The molecule has 0 amide bonds. The number of pyridine rings is 1. The maximum Gasteiger partial charge on any atom is 0.214 e. The summed E-state index contributed by atoms with van der Waals surface area (Å²) >= 11 is 1.74. The third-order valence-corrected chi connectivity index (χ3v) is 3.21. The molecule has 17 heavy (non-hydrogen) atoms. The van der Waals surface area contributed by atoms with Crippen LogP contribution in [0.5, 0.6) is 5.88 Å². The van der Waals surface area contributed by atoms with Gasteiger partial charge in [-0.15, -0.1) is 0 Å². The van der Waals surface area contributed by atoms with Crippen LogP contribution < -0.4 is 10.1 Å². The SMILES string of the molecule is COc1cc(NC(C)Cc2ccsc2)ccn1. The van der Waals surface area contributed by atoms with Crippen LogP contribution in [0, 0.1) is 0 Å². The van der Waals surface area contributed by atoms with Crippen molar-refractivity contribution in [2.75, 3.05) is 12.4 Å². The predicted molar refractivity (Wildman–Crippen MR) is 71.9 cm³/mol. The van der Waals surface area contributed by atoms with Gasteiger partial charge in [0.2, 0.25) is 5.88 Å². The van der Waals surface area contributed by atoms with Crippen molar-refractivity contribution in [2.24, 2.45) is 0 Å². The van der Waals surface area contributed by atoms with Crippen LogP contribution in [0.4, 0.5) is 5.69 Å². The molecule has 90 valence electrons. The highest BCUT2D eigenvalue weighted by Crippen LogP contribution is 2.16. The fourth-order valence-corrected chi connectivity index (χ4v) is 2.39. The molecule has 1 unspecified atom stereocenters. The second kappa shape index (κ2) is 5.68.